The van der Waals surface area contributed by atoms with E-state index in [0.29, 0.717) is 0 Å². The van der Waals surface area contributed by atoms with E-state index in [1.165, 1.54) is 12.1 Å². The van der Waals surface area contributed by atoms with Gasteiger partial charge in [0.15, 0.2) is 0 Å². The number of ether oxygens (including phenoxy) is 1. The van der Waals surface area contributed by atoms with Crippen molar-refractivity contribution in [3.8, 4) is 11.1 Å². The quantitative estimate of drug-likeness (QED) is 0.423. The number of fused-ring (bicyclic) bond motifs is 3. The lowest BCUT2D eigenvalue weighted by molar-refractivity contribution is 0.0135. The summed E-state index contributed by atoms with van der Waals surface area (Å²) in [7, 11) is 0. The lowest BCUT2D eigenvalue weighted by Crippen LogP contribution is -2.30. The average molecular weight is 436 g/mol. The van der Waals surface area contributed by atoms with E-state index in [1.54, 1.807) is 0 Å². The van der Waals surface area contributed by atoms with Crippen molar-refractivity contribution in [1.29, 1.82) is 0 Å². The number of carbonyl (C=O) groups is 1. The second-order valence-corrected chi connectivity index (χ2v) is 7.83. The Labute approximate surface area is 185 Å². The van der Waals surface area contributed by atoms with Crippen LogP contribution in [0, 0.1) is 5.82 Å². The minimum absolute atomic E-state index is 0.0349. The number of nitrogens with one attached hydrogen (secondary N) is 1. The number of halogens is 1. The summed E-state index contributed by atoms with van der Waals surface area (Å²) in [6.45, 7) is 0.280. The summed E-state index contributed by atoms with van der Waals surface area (Å²) in [5.41, 5.74) is 10.1. The lowest BCUT2D eigenvalue weighted by Gasteiger charge is -2.19. The Bertz CT molecular complexity index is 1080. The molecule has 1 amide bonds. The van der Waals surface area contributed by atoms with Crippen LogP contribution in [0.1, 0.15) is 35.1 Å². The fourth-order valence-corrected chi connectivity index (χ4v) is 4.08. The fourth-order valence-electron chi connectivity index (χ4n) is 4.08. The van der Waals surface area contributed by atoms with Crippen LogP contribution < -0.4 is 11.1 Å². The number of benzene rings is 3. The molecule has 0 spiro atoms. The minimum atomic E-state index is -1.30. The van der Waals surface area contributed by atoms with Gasteiger partial charge in [0.1, 0.15) is 18.5 Å². The van der Waals surface area contributed by atoms with Crippen LogP contribution in [0.2, 0.25) is 0 Å². The van der Waals surface area contributed by atoms with Gasteiger partial charge in [0.2, 0.25) is 0 Å². The van der Waals surface area contributed by atoms with Crippen LogP contribution in [0.3, 0.4) is 0 Å². The third-order valence-corrected chi connectivity index (χ3v) is 5.78. The first-order valence-electron chi connectivity index (χ1n) is 10.5. The van der Waals surface area contributed by atoms with Gasteiger partial charge in [0.05, 0.1) is 11.8 Å². The summed E-state index contributed by atoms with van der Waals surface area (Å²) < 4.78 is 19.0. The highest BCUT2D eigenvalue weighted by Crippen LogP contribution is 2.44. The van der Waals surface area contributed by atoms with E-state index in [4.69, 9.17) is 10.5 Å². The van der Waals surface area contributed by atoms with Gasteiger partial charge < -0.3 is 26.0 Å². The van der Waals surface area contributed by atoms with Crippen molar-refractivity contribution in [2.24, 2.45) is 0 Å². The summed E-state index contributed by atoms with van der Waals surface area (Å²) in [5.74, 6) is -0.702. The number of amides is 1. The van der Waals surface area contributed by atoms with Gasteiger partial charge in [-0.15, -0.1) is 0 Å². The predicted molar refractivity (Wildman–Crippen MR) is 119 cm³/mol. The predicted octanol–water partition coefficient (Wildman–Crippen LogP) is 3.73. The van der Waals surface area contributed by atoms with Gasteiger partial charge >= 0.3 is 6.09 Å². The Morgan fingerprint density at radius 1 is 1.03 bits per heavy atom. The van der Waals surface area contributed by atoms with Crippen LogP contribution in [0.5, 0.6) is 0 Å². The highest BCUT2D eigenvalue weighted by Gasteiger charge is 2.29. The highest BCUT2D eigenvalue weighted by molar-refractivity contribution is 5.79. The molecule has 0 saturated heterocycles. The molecule has 1 aliphatic carbocycles. The highest BCUT2D eigenvalue weighted by atomic mass is 19.1. The maximum absolute atomic E-state index is 13.6. The fraction of sp³-hybridized carbons (Fsp3) is 0.240. The van der Waals surface area contributed by atoms with Gasteiger partial charge in [0, 0.05) is 12.5 Å². The molecule has 4 rings (SSSR count). The molecule has 0 bridgehead atoms. The summed E-state index contributed by atoms with van der Waals surface area (Å²) in [5, 5.41) is 23.0. The summed E-state index contributed by atoms with van der Waals surface area (Å²) in [6, 6.07) is 20.0. The summed E-state index contributed by atoms with van der Waals surface area (Å²) in [6.07, 6.45) is -3.02. The number of rotatable bonds is 7. The zero-order valence-corrected chi connectivity index (χ0v) is 17.4. The van der Waals surface area contributed by atoms with Crippen molar-refractivity contribution < 1.29 is 24.1 Å². The molecule has 7 heteroatoms. The molecule has 0 aromatic heterocycles. The number of nitrogens with two attached hydrogens (primary N) is 1. The summed E-state index contributed by atoms with van der Waals surface area (Å²) >= 11 is 0. The van der Waals surface area contributed by atoms with E-state index in [-0.39, 0.29) is 36.7 Å². The summed E-state index contributed by atoms with van der Waals surface area (Å²) in [4.78, 5) is 12.2. The standard InChI is InChI=1S/C25H25FN2O4/c26-21-13-15(9-10-22(21)27)24(30)23(29)11-12-28-25(31)32-14-20-18-7-3-1-5-16(18)17-6-2-4-8-19(17)20/h1-10,13,20,23-24,29-30H,11-12,14,27H2,(H,28,31). The van der Waals surface area contributed by atoms with Gasteiger partial charge in [0.25, 0.3) is 0 Å². The SMILES string of the molecule is Nc1ccc(C(O)C(O)CCNC(=O)OCC2c3ccccc3-c3ccccc32)cc1F. The molecule has 3 aromatic carbocycles. The van der Waals surface area contributed by atoms with Gasteiger partial charge in [-0.3, -0.25) is 0 Å². The molecule has 0 saturated carbocycles. The smallest absolute Gasteiger partial charge is 0.407 e. The van der Waals surface area contributed by atoms with Gasteiger partial charge in [-0.1, -0.05) is 54.6 Å². The van der Waals surface area contributed by atoms with Crippen LogP contribution >= 0.6 is 0 Å². The number of aliphatic hydroxyl groups excluding tert-OH is 2. The first-order chi connectivity index (χ1) is 15.5. The van der Waals surface area contributed by atoms with Crippen molar-refractivity contribution in [3.63, 3.8) is 0 Å². The van der Waals surface area contributed by atoms with Crippen LogP contribution in [0.4, 0.5) is 14.9 Å². The number of nitrogen functional groups attached to an aromatic ring is 1. The zero-order valence-electron chi connectivity index (χ0n) is 17.4. The number of aliphatic hydroxyl groups is 2. The zero-order chi connectivity index (χ0) is 22.7. The van der Waals surface area contributed by atoms with Crippen LogP contribution in [-0.4, -0.2) is 35.6 Å². The van der Waals surface area contributed by atoms with Gasteiger partial charge in [-0.25, -0.2) is 9.18 Å². The van der Waals surface area contributed by atoms with E-state index in [1.807, 2.05) is 36.4 Å². The third kappa shape index (κ3) is 4.44. The molecule has 32 heavy (non-hydrogen) atoms. The van der Waals surface area contributed by atoms with E-state index < -0.39 is 24.1 Å². The van der Waals surface area contributed by atoms with Crippen molar-refractivity contribution in [3.05, 3.63) is 89.2 Å². The van der Waals surface area contributed by atoms with E-state index in [9.17, 15) is 19.4 Å². The molecule has 2 unspecified atom stereocenters. The molecule has 1 aliphatic rings. The van der Waals surface area contributed by atoms with E-state index >= 15 is 0 Å². The maximum Gasteiger partial charge on any atom is 0.407 e. The molecule has 0 fully saturated rings. The van der Waals surface area contributed by atoms with Crippen molar-refractivity contribution in [1.82, 2.24) is 5.32 Å². The largest absolute Gasteiger partial charge is 0.449 e. The number of anilines is 1. The number of hydrogen-bond acceptors (Lipinski definition) is 5. The first kappa shape index (κ1) is 21.8. The molecule has 166 valence electrons. The Kier molecular flexibility index (Phi) is 6.39. The molecule has 5 N–H and O–H groups in total. The van der Waals surface area contributed by atoms with Crippen molar-refractivity contribution in [2.45, 2.75) is 24.5 Å². The Morgan fingerprint density at radius 3 is 2.28 bits per heavy atom. The monoisotopic (exact) mass is 436 g/mol. The second-order valence-electron chi connectivity index (χ2n) is 7.83. The Balaban J connectivity index is 1.28. The number of hydrogen-bond donors (Lipinski definition) is 4. The topological polar surface area (TPSA) is 105 Å². The van der Waals surface area contributed by atoms with E-state index in [2.05, 4.69) is 17.4 Å². The number of alkyl carbamates (subject to hydrolysis) is 1. The van der Waals surface area contributed by atoms with Gasteiger partial charge in [-0.2, -0.15) is 0 Å². The normalized spacial score (nSPS) is 14.3. The molecular formula is C25H25FN2O4. The van der Waals surface area contributed by atoms with Crippen LogP contribution in [-0.2, 0) is 4.74 Å². The van der Waals surface area contributed by atoms with Crippen molar-refractivity contribution in [2.75, 3.05) is 18.9 Å². The Morgan fingerprint density at radius 2 is 1.66 bits per heavy atom. The average Bonchev–Trinajstić information content (AvgIpc) is 3.12. The molecular weight excluding hydrogens is 411 g/mol. The molecule has 0 heterocycles. The third-order valence-electron chi connectivity index (χ3n) is 5.78. The maximum atomic E-state index is 13.6. The molecule has 0 radical (unpaired) electrons. The Hall–Kier alpha value is -3.42. The minimum Gasteiger partial charge on any atom is -0.449 e. The lowest BCUT2D eigenvalue weighted by atomic mass is 9.98. The van der Waals surface area contributed by atoms with Crippen molar-refractivity contribution >= 4 is 11.8 Å². The number of carbonyl (C=O) groups excluding carboxylic acids is 1. The first-order valence-corrected chi connectivity index (χ1v) is 10.5. The van der Waals surface area contributed by atoms with E-state index in [0.717, 1.165) is 28.3 Å². The molecule has 0 aliphatic heterocycles. The molecule has 6 nitrogen and oxygen atoms in total. The second kappa shape index (κ2) is 9.38. The van der Waals surface area contributed by atoms with Gasteiger partial charge in [-0.05, 0) is 46.4 Å². The molecule has 2 atom stereocenters. The van der Waals surface area contributed by atoms with Crippen LogP contribution in [0.25, 0.3) is 11.1 Å². The molecule has 3 aromatic rings. The van der Waals surface area contributed by atoms with Crippen LogP contribution in [0.15, 0.2) is 66.7 Å².